The highest BCUT2D eigenvalue weighted by Gasteiger charge is 2.68. The number of hydrogen-bond acceptors (Lipinski definition) is 7. The lowest BCUT2D eigenvalue weighted by atomic mass is 9.82. The molecule has 5 aliphatic rings. The fourth-order valence-electron chi connectivity index (χ4n) is 8.47. The average Bonchev–Trinajstić information content (AvgIpc) is 3.54. The van der Waals surface area contributed by atoms with Crippen molar-refractivity contribution in [2.45, 2.75) is 75.9 Å². The number of nitrogens with zero attached hydrogens (tertiary/aromatic N) is 6. The molecule has 1 amide bonds. The number of aromatic nitrogens is 2. The second-order valence-corrected chi connectivity index (χ2v) is 13.9. The van der Waals surface area contributed by atoms with Gasteiger partial charge < -0.3 is 14.5 Å². The third-order valence-electron chi connectivity index (χ3n) is 11.1. The van der Waals surface area contributed by atoms with Gasteiger partial charge in [0.25, 0.3) is 5.91 Å². The van der Waals surface area contributed by atoms with Crippen LogP contribution in [0.25, 0.3) is 0 Å². The molecule has 1 aromatic heterocycles. The van der Waals surface area contributed by atoms with E-state index in [1.165, 1.54) is 16.9 Å². The van der Waals surface area contributed by atoms with E-state index in [-0.39, 0.29) is 12.0 Å². The van der Waals surface area contributed by atoms with Gasteiger partial charge in [-0.2, -0.15) is 15.2 Å². The first-order chi connectivity index (χ1) is 21.3. The zero-order valence-electron chi connectivity index (χ0n) is 25.4. The highest BCUT2D eigenvalue weighted by atomic mass is 35.5. The minimum Gasteiger partial charge on any atom is -0.461 e. The van der Waals surface area contributed by atoms with Crippen molar-refractivity contribution in [3.8, 4) is 12.1 Å². The number of amides is 1. The minimum atomic E-state index is -0.998. The van der Waals surface area contributed by atoms with Gasteiger partial charge in [-0.25, -0.2) is 4.39 Å². The van der Waals surface area contributed by atoms with Gasteiger partial charge in [-0.05, 0) is 74.3 Å². The van der Waals surface area contributed by atoms with Crippen LogP contribution in [0.4, 0.5) is 10.2 Å². The first-order valence-corrected chi connectivity index (χ1v) is 16.5. The van der Waals surface area contributed by atoms with Crippen LogP contribution >= 0.6 is 11.6 Å². The number of halogens is 2. The van der Waals surface area contributed by atoms with Gasteiger partial charge in [0.2, 0.25) is 0 Å². The van der Waals surface area contributed by atoms with Crippen molar-refractivity contribution < 1.29 is 13.9 Å². The summed E-state index contributed by atoms with van der Waals surface area (Å²) in [7, 11) is 0. The molecule has 1 saturated carbocycles. The normalized spacial score (nSPS) is 30.5. The first kappa shape index (κ1) is 29.5. The van der Waals surface area contributed by atoms with Crippen LogP contribution in [0.3, 0.4) is 0 Å². The highest BCUT2D eigenvalue weighted by molar-refractivity contribution is 6.31. The van der Waals surface area contributed by atoms with E-state index in [1.807, 2.05) is 18.2 Å². The SMILES string of the molecule is C=C(F)C(=O)N1CCN(c2nc(OCC34CCN3C3C(C)C3C4)nc3c2CCC(CCc2ccccc2Cl)C3)CC1CC#N. The minimum absolute atomic E-state index is 0.107. The van der Waals surface area contributed by atoms with Crippen molar-refractivity contribution in [3.05, 3.63) is 58.5 Å². The molecule has 1 aromatic carbocycles. The smallest absolute Gasteiger partial charge is 0.318 e. The van der Waals surface area contributed by atoms with Gasteiger partial charge in [-0.1, -0.05) is 43.3 Å². The second-order valence-electron chi connectivity index (χ2n) is 13.5. The summed E-state index contributed by atoms with van der Waals surface area (Å²) in [6, 6.07) is 10.9. The lowest BCUT2D eigenvalue weighted by molar-refractivity contribution is -0.131. The molecule has 0 spiro atoms. The number of anilines is 1. The van der Waals surface area contributed by atoms with Crippen molar-refractivity contribution in [1.29, 1.82) is 5.26 Å². The molecule has 0 bridgehead atoms. The van der Waals surface area contributed by atoms with Crippen molar-refractivity contribution in [1.82, 2.24) is 19.8 Å². The summed E-state index contributed by atoms with van der Waals surface area (Å²) in [4.78, 5) is 28.8. The van der Waals surface area contributed by atoms with E-state index in [1.54, 1.807) is 0 Å². The summed E-state index contributed by atoms with van der Waals surface area (Å²) in [6.45, 7) is 8.47. The number of piperidine rings is 1. The van der Waals surface area contributed by atoms with Gasteiger partial charge in [0, 0.05) is 42.8 Å². The van der Waals surface area contributed by atoms with Gasteiger partial charge in [0.05, 0.1) is 29.8 Å². The zero-order chi connectivity index (χ0) is 30.6. The summed E-state index contributed by atoms with van der Waals surface area (Å²) >= 11 is 6.45. The number of carbonyl (C=O) groups excluding carboxylic acids is 1. The maximum absolute atomic E-state index is 13.8. The van der Waals surface area contributed by atoms with Crippen LogP contribution in [-0.4, -0.2) is 76.1 Å². The van der Waals surface area contributed by atoms with E-state index in [9.17, 15) is 14.4 Å². The van der Waals surface area contributed by atoms with E-state index in [0.29, 0.717) is 44.2 Å². The Hall–Kier alpha value is -3.22. The third-order valence-corrected chi connectivity index (χ3v) is 11.5. The zero-order valence-corrected chi connectivity index (χ0v) is 26.1. The predicted octanol–water partition coefficient (Wildman–Crippen LogP) is 5.14. The standard InChI is InChI=1S/C34H40ClFN6O2/c1-21-27-18-34(12-14-42(34)30(21)27)20-44-33-38-29-17-23(7-9-24-5-3-4-6-28(24)35)8-10-26(29)31(39-33)40-15-16-41(32(43)22(2)36)25(19-40)11-13-37/h3-6,21,23,25,27,30H,2,7-12,14-20H2,1H3. The molecule has 2 aliphatic carbocycles. The Morgan fingerprint density at radius 2 is 2.11 bits per heavy atom. The van der Waals surface area contributed by atoms with Crippen LogP contribution in [0.1, 0.15) is 55.8 Å². The summed E-state index contributed by atoms with van der Waals surface area (Å²) < 4.78 is 20.3. The molecular weight excluding hydrogens is 579 g/mol. The molecule has 4 heterocycles. The summed E-state index contributed by atoms with van der Waals surface area (Å²) in [6.07, 6.45) is 7.10. The molecule has 10 heteroatoms. The number of ether oxygens (including phenoxy) is 1. The van der Waals surface area contributed by atoms with Gasteiger partial charge in [0.15, 0.2) is 5.83 Å². The van der Waals surface area contributed by atoms with Crippen molar-refractivity contribution in [3.63, 3.8) is 0 Å². The van der Waals surface area contributed by atoms with Crippen molar-refractivity contribution >= 4 is 23.3 Å². The van der Waals surface area contributed by atoms with Crippen LogP contribution in [0.2, 0.25) is 5.02 Å². The topological polar surface area (TPSA) is 85.6 Å². The number of piperazine rings is 1. The number of rotatable bonds is 9. The lowest BCUT2D eigenvalue weighted by Crippen LogP contribution is -2.61. The molecule has 8 nitrogen and oxygen atoms in total. The quantitative estimate of drug-likeness (QED) is 0.360. The molecule has 4 fully saturated rings. The molecule has 0 radical (unpaired) electrons. The predicted molar refractivity (Wildman–Crippen MR) is 166 cm³/mol. The van der Waals surface area contributed by atoms with E-state index in [4.69, 9.17) is 26.3 Å². The third kappa shape index (κ3) is 5.24. The van der Waals surface area contributed by atoms with E-state index in [0.717, 1.165) is 79.0 Å². The monoisotopic (exact) mass is 618 g/mol. The number of hydrogen-bond donors (Lipinski definition) is 0. The number of carbonyl (C=O) groups is 1. The van der Waals surface area contributed by atoms with Gasteiger partial charge in [-0.15, -0.1) is 0 Å². The molecule has 7 rings (SSSR count). The summed E-state index contributed by atoms with van der Waals surface area (Å²) in [5.41, 5.74) is 3.43. The van der Waals surface area contributed by atoms with Crippen LogP contribution in [0, 0.1) is 29.1 Å². The largest absolute Gasteiger partial charge is 0.461 e. The molecule has 232 valence electrons. The Morgan fingerprint density at radius 3 is 2.84 bits per heavy atom. The summed E-state index contributed by atoms with van der Waals surface area (Å²) in [5, 5.41) is 10.3. The summed E-state index contributed by atoms with van der Waals surface area (Å²) in [5.74, 6) is 1.14. The first-order valence-electron chi connectivity index (χ1n) is 16.1. The molecule has 2 aromatic rings. The maximum Gasteiger partial charge on any atom is 0.318 e. The van der Waals surface area contributed by atoms with Gasteiger partial charge >= 0.3 is 6.01 Å². The van der Waals surface area contributed by atoms with Crippen molar-refractivity contribution in [2.75, 3.05) is 37.7 Å². The molecule has 3 saturated heterocycles. The molecular formula is C34H40ClFN6O2. The fourth-order valence-corrected chi connectivity index (χ4v) is 8.70. The van der Waals surface area contributed by atoms with Crippen molar-refractivity contribution in [2.24, 2.45) is 17.8 Å². The Morgan fingerprint density at radius 1 is 1.27 bits per heavy atom. The molecule has 3 aliphatic heterocycles. The van der Waals surface area contributed by atoms with Crippen LogP contribution in [0.5, 0.6) is 6.01 Å². The fraction of sp³-hybridized carbons (Fsp3) is 0.588. The molecule has 6 atom stereocenters. The van der Waals surface area contributed by atoms with Gasteiger partial charge in [-0.3, -0.25) is 9.69 Å². The Labute approximate surface area is 263 Å². The van der Waals surface area contributed by atoms with Gasteiger partial charge in [0.1, 0.15) is 12.4 Å². The van der Waals surface area contributed by atoms with E-state index in [2.05, 4.69) is 35.4 Å². The Bertz CT molecular complexity index is 1510. The Balaban J connectivity index is 1.13. The maximum atomic E-state index is 13.8. The number of benzene rings is 1. The van der Waals surface area contributed by atoms with E-state index < -0.39 is 17.8 Å². The Kier molecular flexibility index (Phi) is 7.78. The van der Waals surface area contributed by atoms with Crippen LogP contribution < -0.4 is 9.64 Å². The lowest BCUT2D eigenvalue weighted by Gasteiger charge is -2.50. The number of fused-ring (bicyclic) bond motifs is 4. The molecule has 6 unspecified atom stereocenters. The van der Waals surface area contributed by atoms with Crippen LogP contribution in [0.15, 0.2) is 36.7 Å². The number of nitriles is 1. The average molecular weight is 619 g/mol. The van der Waals surface area contributed by atoms with E-state index >= 15 is 0 Å². The molecule has 0 N–H and O–H groups in total. The highest BCUT2D eigenvalue weighted by Crippen LogP contribution is 2.61. The number of aryl methyl sites for hydroxylation is 1. The second kappa shape index (κ2) is 11.6. The molecule has 44 heavy (non-hydrogen) atoms. The van der Waals surface area contributed by atoms with Crippen LogP contribution in [-0.2, 0) is 24.1 Å².